The summed E-state index contributed by atoms with van der Waals surface area (Å²) in [6.07, 6.45) is 1.02. The Hall–Kier alpha value is -0.450. The number of morpholine rings is 1. The topological polar surface area (TPSA) is 21.3 Å². The third-order valence-electron chi connectivity index (χ3n) is 2.79. The zero-order valence-electron chi connectivity index (χ0n) is 9.54. The Kier molecular flexibility index (Phi) is 3.95. The van der Waals surface area contributed by atoms with Crippen molar-refractivity contribution in [2.45, 2.75) is 31.5 Å². The molecule has 0 radical (unpaired) electrons. The molecule has 1 aliphatic heterocycles. The molecule has 0 aromatic carbocycles. The Bertz CT molecular complexity index is 307. The molecule has 0 spiro atoms. The zero-order chi connectivity index (χ0) is 11.4. The smallest absolute Gasteiger partial charge is 0.114 e. The van der Waals surface area contributed by atoms with Crippen molar-refractivity contribution < 1.29 is 9.13 Å². The van der Waals surface area contributed by atoms with Gasteiger partial charge in [-0.15, -0.1) is 11.3 Å². The summed E-state index contributed by atoms with van der Waals surface area (Å²) in [4.78, 5) is 1.11. The molecule has 1 saturated heterocycles. The summed E-state index contributed by atoms with van der Waals surface area (Å²) in [6.45, 7) is 3.89. The van der Waals surface area contributed by atoms with Crippen LogP contribution in [0.1, 0.15) is 18.2 Å². The number of nitrogens with one attached hydrogen (secondary N) is 1. The number of alkyl halides is 1. The van der Waals surface area contributed by atoms with Crippen LogP contribution in [0.15, 0.2) is 17.5 Å². The highest BCUT2D eigenvalue weighted by molar-refractivity contribution is 7.09. The van der Waals surface area contributed by atoms with Gasteiger partial charge >= 0.3 is 0 Å². The van der Waals surface area contributed by atoms with Crippen molar-refractivity contribution in [3.8, 4) is 0 Å². The van der Waals surface area contributed by atoms with E-state index in [2.05, 4.69) is 5.32 Å². The lowest BCUT2D eigenvalue weighted by Gasteiger charge is -2.29. The molecule has 2 unspecified atom stereocenters. The lowest BCUT2D eigenvalue weighted by Crippen LogP contribution is -2.45. The van der Waals surface area contributed by atoms with Crippen LogP contribution in [0, 0.1) is 0 Å². The molecule has 1 aromatic heterocycles. The van der Waals surface area contributed by atoms with Gasteiger partial charge in [0.25, 0.3) is 0 Å². The van der Waals surface area contributed by atoms with Crippen molar-refractivity contribution in [1.82, 2.24) is 5.32 Å². The lowest BCUT2D eigenvalue weighted by atomic mass is 9.94. The van der Waals surface area contributed by atoms with Crippen LogP contribution in [0.25, 0.3) is 0 Å². The lowest BCUT2D eigenvalue weighted by molar-refractivity contribution is 0.0485. The minimum atomic E-state index is -1.15. The summed E-state index contributed by atoms with van der Waals surface area (Å²) in [5, 5.41) is 5.29. The van der Waals surface area contributed by atoms with Crippen LogP contribution in [0.5, 0.6) is 0 Å². The molecule has 0 aliphatic carbocycles. The van der Waals surface area contributed by atoms with Crippen LogP contribution in [0.2, 0.25) is 0 Å². The van der Waals surface area contributed by atoms with E-state index in [0.717, 1.165) is 18.0 Å². The van der Waals surface area contributed by atoms with Gasteiger partial charge in [-0.2, -0.15) is 0 Å². The van der Waals surface area contributed by atoms with E-state index < -0.39 is 5.67 Å². The van der Waals surface area contributed by atoms with Crippen molar-refractivity contribution in [3.05, 3.63) is 22.4 Å². The van der Waals surface area contributed by atoms with E-state index in [0.29, 0.717) is 19.4 Å². The van der Waals surface area contributed by atoms with E-state index in [1.54, 1.807) is 18.3 Å². The molecule has 2 rings (SSSR count). The van der Waals surface area contributed by atoms with E-state index in [9.17, 15) is 4.39 Å². The second kappa shape index (κ2) is 5.25. The zero-order valence-corrected chi connectivity index (χ0v) is 10.4. The Morgan fingerprint density at radius 2 is 2.56 bits per heavy atom. The van der Waals surface area contributed by atoms with Crippen LogP contribution in [0.4, 0.5) is 4.39 Å². The summed E-state index contributed by atoms with van der Waals surface area (Å²) >= 11 is 1.62. The van der Waals surface area contributed by atoms with E-state index in [4.69, 9.17) is 4.74 Å². The molecule has 1 aliphatic rings. The molecule has 1 fully saturated rings. The molecular formula is C12H18FNOS. The maximum absolute atomic E-state index is 14.3. The van der Waals surface area contributed by atoms with E-state index in [1.807, 2.05) is 17.5 Å². The molecule has 2 heterocycles. The third-order valence-corrected chi connectivity index (χ3v) is 3.67. The monoisotopic (exact) mass is 243 g/mol. The van der Waals surface area contributed by atoms with Gasteiger partial charge in [0, 0.05) is 23.9 Å². The number of hydrogen-bond acceptors (Lipinski definition) is 3. The Balaban J connectivity index is 1.86. The van der Waals surface area contributed by atoms with E-state index in [-0.39, 0.29) is 6.04 Å². The van der Waals surface area contributed by atoms with Crippen LogP contribution in [-0.4, -0.2) is 31.5 Å². The standard InChI is InChI=1S/C12H18FNOS/c1-12(13,8-11-3-2-6-16-11)7-10-9-15-5-4-14-10/h2-3,6,10,14H,4-5,7-9H2,1H3. The van der Waals surface area contributed by atoms with Gasteiger partial charge in [-0.3, -0.25) is 0 Å². The van der Waals surface area contributed by atoms with Gasteiger partial charge < -0.3 is 10.1 Å². The Morgan fingerprint density at radius 1 is 1.69 bits per heavy atom. The van der Waals surface area contributed by atoms with E-state index >= 15 is 0 Å². The van der Waals surface area contributed by atoms with Crippen LogP contribution in [0.3, 0.4) is 0 Å². The number of hydrogen-bond donors (Lipinski definition) is 1. The van der Waals surface area contributed by atoms with Gasteiger partial charge in [0.2, 0.25) is 0 Å². The molecule has 1 N–H and O–H groups in total. The summed E-state index contributed by atoms with van der Waals surface area (Å²) in [6, 6.07) is 4.12. The fourth-order valence-electron chi connectivity index (χ4n) is 2.11. The molecule has 0 saturated carbocycles. The minimum absolute atomic E-state index is 0.156. The normalized spacial score (nSPS) is 25.2. The molecular weight excluding hydrogens is 225 g/mol. The van der Waals surface area contributed by atoms with Crippen LogP contribution >= 0.6 is 11.3 Å². The quantitative estimate of drug-likeness (QED) is 0.876. The van der Waals surface area contributed by atoms with Crippen LogP contribution in [-0.2, 0) is 11.2 Å². The highest BCUT2D eigenvalue weighted by Crippen LogP contribution is 2.26. The van der Waals surface area contributed by atoms with E-state index in [1.165, 1.54) is 0 Å². The minimum Gasteiger partial charge on any atom is -0.379 e. The van der Waals surface area contributed by atoms with Gasteiger partial charge in [-0.25, -0.2) is 4.39 Å². The Labute approximate surface area is 99.8 Å². The second-order valence-electron chi connectivity index (χ2n) is 4.60. The van der Waals surface area contributed by atoms with Crippen molar-refractivity contribution >= 4 is 11.3 Å². The average Bonchev–Trinajstić information content (AvgIpc) is 2.70. The fraction of sp³-hybridized carbons (Fsp3) is 0.667. The fourth-order valence-corrected chi connectivity index (χ4v) is 2.99. The van der Waals surface area contributed by atoms with Gasteiger partial charge in [0.1, 0.15) is 5.67 Å². The maximum atomic E-state index is 14.3. The molecule has 2 nitrogen and oxygen atoms in total. The predicted molar refractivity (Wildman–Crippen MR) is 64.8 cm³/mol. The van der Waals surface area contributed by atoms with Crippen molar-refractivity contribution in [1.29, 1.82) is 0 Å². The average molecular weight is 243 g/mol. The first kappa shape index (κ1) is 12.0. The molecule has 0 amide bonds. The van der Waals surface area contributed by atoms with Crippen molar-refractivity contribution in [3.63, 3.8) is 0 Å². The predicted octanol–water partition coefficient (Wildman–Crippen LogP) is 2.40. The second-order valence-corrected chi connectivity index (χ2v) is 5.63. The molecule has 1 aromatic rings. The number of ether oxygens (including phenoxy) is 1. The summed E-state index contributed by atoms with van der Waals surface area (Å²) in [5.41, 5.74) is -1.15. The summed E-state index contributed by atoms with van der Waals surface area (Å²) in [7, 11) is 0. The number of rotatable bonds is 4. The van der Waals surface area contributed by atoms with Crippen molar-refractivity contribution in [2.75, 3.05) is 19.8 Å². The number of thiophene rings is 1. The highest BCUT2D eigenvalue weighted by atomic mass is 32.1. The molecule has 90 valence electrons. The van der Waals surface area contributed by atoms with Gasteiger partial charge in [0.05, 0.1) is 13.2 Å². The third kappa shape index (κ3) is 3.54. The van der Waals surface area contributed by atoms with Gasteiger partial charge in [0.15, 0.2) is 0 Å². The Morgan fingerprint density at radius 3 is 3.19 bits per heavy atom. The largest absolute Gasteiger partial charge is 0.379 e. The summed E-state index contributed by atoms with van der Waals surface area (Å²) in [5.74, 6) is 0. The molecule has 16 heavy (non-hydrogen) atoms. The first-order chi connectivity index (χ1) is 7.66. The van der Waals surface area contributed by atoms with Gasteiger partial charge in [-0.1, -0.05) is 6.07 Å². The molecule has 4 heteroatoms. The number of halogens is 1. The summed E-state index contributed by atoms with van der Waals surface area (Å²) < 4.78 is 19.7. The highest BCUT2D eigenvalue weighted by Gasteiger charge is 2.29. The maximum Gasteiger partial charge on any atom is 0.114 e. The SMILES string of the molecule is CC(F)(Cc1cccs1)CC1COCCN1. The van der Waals surface area contributed by atoms with Crippen LogP contribution < -0.4 is 5.32 Å². The molecule has 2 atom stereocenters. The van der Waals surface area contributed by atoms with Crippen molar-refractivity contribution in [2.24, 2.45) is 0 Å². The van der Waals surface area contributed by atoms with Gasteiger partial charge in [-0.05, 0) is 24.8 Å². The first-order valence-corrected chi connectivity index (χ1v) is 6.56. The first-order valence-electron chi connectivity index (χ1n) is 5.68. The molecule has 0 bridgehead atoms.